The molecule has 0 radical (unpaired) electrons. The van der Waals surface area contributed by atoms with Crippen LogP contribution in [-0.4, -0.2) is 38.4 Å². The fourth-order valence-electron chi connectivity index (χ4n) is 3.69. The minimum atomic E-state index is -0.249. The van der Waals surface area contributed by atoms with Gasteiger partial charge in [-0.25, -0.2) is 4.98 Å². The Balaban J connectivity index is 1.67. The largest absolute Gasteiger partial charge is 0.337 e. The van der Waals surface area contributed by atoms with E-state index in [1.165, 1.54) is 6.07 Å². The Morgan fingerprint density at radius 1 is 1.32 bits per heavy atom. The highest BCUT2D eigenvalue weighted by Crippen LogP contribution is 2.25. The van der Waals surface area contributed by atoms with E-state index < -0.39 is 0 Å². The lowest BCUT2D eigenvalue weighted by atomic mass is 10.0. The lowest BCUT2D eigenvalue weighted by Crippen LogP contribution is -2.41. The third kappa shape index (κ3) is 2.84. The number of aromatic amines is 1. The van der Waals surface area contributed by atoms with E-state index in [1.807, 2.05) is 42.3 Å². The number of nitrogens with one attached hydrogen (secondary N) is 1. The van der Waals surface area contributed by atoms with Crippen molar-refractivity contribution in [2.24, 2.45) is 0 Å². The van der Waals surface area contributed by atoms with Gasteiger partial charge in [0.05, 0.1) is 11.6 Å². The van der Waals surface area contributed by atoms with Crippen LogP contribution in [0.15, 0.2) is 47.5 Å². The minimum Gasteiger partial charge on any atom is -0.337 e. The van der Waals surface area contributed by atoms with Gasteiger partial charge in [0, 0.05) is 42.5 Å². The summed E-state index contributed by atoms with van der Waals surface area (Å²) in [5.74, 6) is 0.880. The number of amides is 1. The van der Waals surface area contributed by atoms with Gasteiger partial charge in [0.2, 0.25) is 5.56 Å². The Hall–Kier alpha value is -2.89. The second-order valence-corrected chi connectivity index (χ2v) is 6.52. The number of rotatable bonds is 2. The summed E-state index contributed by atoms with van der Waals surface area (Å²) in [5, 5.41) is 0.785. The number of likely N-dealkylation sites (tertiary alicyclic amines) is 1. The van der Waals surface area contributed by atoms with Crippen molar-refractivity contribution in [3.05, 3.63) is 64.5 Å². The number of nitrogens with zero attached hydrogens (tertiary/aromatic N) is 3. The maximum Gasteiger partial charge on any atom is 0.254 e. The van der Waals surface area contributed by atoms with Crippen LogP contribution >= 0.6 is 0 Å². The second-order valence-electron chi connectivity index (χ2n) is 6.52. The zero-order valence-corrected chi connectivity index (χ0v) is 14.1. The molecule has 1 aliphatic heterocycles. The molecule has 6 nitrogen and oxygen atoms in total. The molecule has 25 heavy (non-hydrogen) atoms. The molecule has 0 saturated carbocycles. The van der Waals surface area contributed by atoms with Crippen LogP contribution in [-0.2, 0) is 0 Å². The SMILES string of the molecule is Cc1nccn1[C@@H]1CCCN(C(=O)c2cc(=O)[nH]c3ccccc23)C1. The van der Waals surface area contributed by atoms with Crippen LogP contribution in [0.5, 0.6) is 0 Å². The molecule has 1 fully saturated rings. The fraction of sp³-hybridized carbons (Fsp3) is 0.316. The van der Waals surface area contributed by atoms with Crippen LogP contribution in [0, 0.1) is 6.92 Å². The van der Waals surface area contributed by atoms with E-state index in [2.05, 4.69) is 14.5 Å². The van der Waals surface area contributed by atoms with Gasteiger partial charge < -0.3 is 14.5 Å². The number of aryl methyl sites for hydroxylation is 1. The molecular formula is C19H20N4O2. The van der Waals surface area contributed by atoms with Crippen LogP contribution in [0.4, 0.5) is 0 Å². The predicted molar refractivity (Wildman–Crippen MR) is 95.7 cm³/mol. The third-order valence-electron chi connectivity index (χ3n) is 4.92. The number of hydrogen-bond acceptors (Lipinski definition) is 3. The van der Waals surface area contributed by atoms with E-state index in [9.17, 15) is 9.59 Å². The Bertz CT molecular complexity index is 988. The van der Waals surface area contributed by atoms with E-state index in [-0.39, 0.29) is 17.5 Å². The van der Waals surface area contributed by atoms with Crippen LogP contribution in [0.25, 0.3) is 10.9 Å². The molecule has 1 aromatic carbocycles. The Morgan fingerprint density at radius 2 is 2.16 bits per heavy atom. The molecule has 3 aromatic rings. The van der Waals surface area contributed by atoms with E-state index in [0.717, 1.165) is 24.1 Å². The number of imidazole rings is 1. The normalized spacial score (nSPS) is 17.8. The molecule has 6 heteroatoms. The molecule has 2 aromatic heterocycles. The van der Waals surface area contributed by atoms with Crippen molar-refractivity contribution in [2.45, 2.75) is 25.8 Å². The number of carbonyl (C=O) groups is 1. The maximum absolute atomic E-state index is 13.1. The highest BCUT2D eigenvalue weighted by Gasteiger charge is 2.27. The number of fused-ring (bicyclic) bond motifs is 1. The van der Waals surface area contributed by atoms with Gasteiger partial charge in [-0.15, -0.1) is 0 Å². The molecule has 0 unspecified atom stereocenters. The number of pyridine rings is 1. The van der Waals surface area contributed by atoms with Crippen molar-refractivity contribution in [2.75, 3.05) is 13.1 Å². The molecule has 1 N–H and O–H groups in total. The number of aromatic nitrogens is 3. The monoisotopic (exact) mass is 336 g/mol. The Morgan fingerprint density at radius 3 is 2.96 bits per heavy atom. The van der Waals surface area contributed by atoms with Crippen LogP contribution in [0.2, 0.25) is 0 Å². The van der Waals surface area contributed by atoms with Crippen molar-refractivity contribution >= 4 is 16.8 Å². The first-order valence-electron chi connectivity index (χ1n) is 8.54. The van der Waals surface area contributed by atoms with Crippen LogP contribution in [0.1, 0.15) is 35.1 Å². The highest BCUT2D eigenvalue weighted by molar-refractivity contribution is 6.05. The first-order chi connectivity index (χ1) is 12.1. The summed E-state index contributed by atoms with van der Waals surface area (Å²) >= 11 is 0. The quantitative estimate of drug-likeness (QED) is 0.782. The van der Waals surface area contributed by atoms with Crippen molar-refractivity contribution in [1.82, 2.24) is 19.4 Å². The molecule has 1 saturated heterocycles. The third-order valence-corrected chi connectivity index (χ3v) is 4.92. The summed E-state index contributed by atoms with van der Waals surface area (Å²) in [4.78, 5) is 34.0. The highest BCUT2D eigenvalue weighted by atomic mass is 16.2. The minimum absolute atomic E-state index is 0.0789. The second kappa shape index (κ2) is 6.20. The number of para-hydroxylation sites is 1. The molecule has 1 atom stereocenters. The summed E-state index contributed by atoms with van der Waals surface area (Å²) in [6, 6.07) is 9.07. The van der Waals surface area contributed by atoms with Crippen molar-refractivity contribution in [1.29, 1.82) is 0 Å². The smallest absolute Gasteiger partial charge is 0.254 e. The van der Waals surface area contributed by atoms with Gasteiger partial charge in [-0.05, 0) is 25.8 Å². The molecule has 0 bridgehead atoms. The lowest BCUT2D eigenvalue weighted by molar-refractivity contribution is 0.0680. The number of piperidine rings is 1. The Labute approximate surface area is 145 Å². The van der Waals surface area contributed by atoms with Crippen molar-refractivity contribution in [3.8, 4) is 0 Å². The number of H-pyrrole nitrogens is 1. The summed E-state index contributed by atoms with van der Waals surface area (Å²) in [6.45, 7) is 3.33. The molecular weight excluding hydrogens is 316 g/mol. The zero-order chi connectivity index (χ0) is 17.4. The average Bonchev–Trinajstić information content (AvgIpc) is 3.06. The fourth-order valence-corrected chi connectivity index (χ4v) is 3.69. The molecule has 1 amide bonds. The van der Waals surface area contributed by atoms with E-state index >= 15 is 0 Å². The van der Waals surface area contributed by atoms with Crippen LogP contribution < -0.4 is 5.56 Å². The van der Waals surface area contributed by atoms with Gasteiger partial charge in [0.1, 0.15) is 5.82 Å². The summed E-state index contributed by atoms with van der Waals surface area (Å²) in [5.41, 5.74) is 0.917. The lowest BCUT2D eigenvalue weighted by Gasteiger charge is -2.34. The molecule has 3 heterocycles. The Kier molecular flexibility index (Phi) is 3.87. The van der Waals surface area contributed by atoms with Gasteiger partial charge in [0.25, 0.3) is 5.91 Å². The first kappa shape index (κ1) is 15.6. The van der Waals surface area contributed by atoms with Gasteiger partial charge in [-0.2, -0.15) is 0 Å². The van der Waals surface area contributed by atoms with Crippen molar-refractivity contribution < 1.29 is 4.79 Å². The zero-order valence-electron chi connectivity index (χ0n) is 14.1. The van der Waals surface area contributed by atoms with Gasteiger partial charge in [-0.1, -0.05) is 18.2 Å². The number of carbonyl (C=O) groups excluding carboxylic acids is 1. The van der Waals surface area contributed by atoms with Gasteiger partial charge >= 0.3 is 0 Å². The summed E-state index contributed by atoms with van der Waals surface area (Å²) in [6.07, 6.45) is 5.73. The van der Waals surface area contributed by atoms with Gasteiger partial charge in [-0.3, -0.25) is 9.59 Å². The molecule has 1 aliphatic rings. The van der Waals surface area contributed by atoms with E-state index in [4.69, 9.17) is 0 Å². The molecule has 0 aliphatic carbocycles. The summed E-state index contributed by atoms with van der Waals surface area (Å²) in [7, 11) is 0. The average molecular weight is 336 g/mol. The standard InChI is InChI=1S/C19H20N4O2/c1-13-20-8-10-23(13)14-5-4-9-22(12-14)19(25)16-11-18(24)21-17-7-3-2-6-15(16)17/h2-3,6-8,10-11,14H,4-5,9,12H2,1H3,(H,21,24)/t14-/m1/s1. The topological polar surface area (TPSA) is 71.0 Å². The molecule has 128 valence electrons. The number of benzene rings is 1. The van der Waals surface area contributed by atoms with Gasteiger partial charge in [0.15, 0.2) is 0 Å². The van der Waals surface area contributed by atoms with E-state index in [1.54, 1.807) is 6.20 Å². The predicted octanol–water partition coefficient (Wildman–Crippen LogP) is 2.51. The van der Waals surface area contributed by atoms with Crippen molar-refractivity contribution in [3.63, 3.8) is 0 Å². The van der Waals surface area contributed by atoms with Crippen LogP contribution in [0.3, 0.4) is 0 Å². The maximum atomic E-state index is 13.1. The van der Waals surface area contributed by atoms with E-state index in [0.29, 0.717) is 24.2 Å². The molecule has 0 spiro atoms. The first-order valence-corrected chi connectivity index (χ1v) is 8.54. The molecule has 4 rings (SSSR count). The summed E-state index contributed by atoms with van der Waals surface area (Å²) < 4.78 is 2.13. The number of hydrogen-bond donors (Lipinski definition) is 1.